The van der Waals surface area contributed by atoms with Crippen molar-refractivity contribution >= 4 is 27.5 Å². The van der Waals surface area contributed by atoms with Gasteiger partial charge in [-0.05, 0) is 43.2 Å². The normalized spacial score (nSPS) is 11.8. The summed E-state index contributed by atoms with van der Waals surface area (Å²) in [7, 11) is 4.76. The summed E-state index contributed by atoms with van der Waals surface area (Å²) in [5, 5.41) is 0. The highest BCUT2D eigenvalue weighted by atomic mass is 32.1. The van der Waals surface area contributed by atoms with Crippen molar-refractivity contribution in [3.63, 3.8) is 0 Å². The fourth-order valence-corrected chi connectivity index (χ4v) is 4.22. The highest BCUT2D eigenvalue weighted by Crippen LogP contribution is 2.26. The Bertz CT molecular complexity index is 1080. The Labute approximate surface area is 168 Å². The van der Waals surface area contributed by atoms with Crippen LogP contribution < -0.4 is 14.3 Å². The van der Waals surface area contributed by atoms with Crippen LogP contribution in [0.4, 0.5) is 0 Å². The molecule has 3 rings (SSSR count). The number of nitrogens with zero attached hydrogens (tertiary/aromatic N) is 2. The minimum absolute atomic E-state index is 0.355. The van der Waals surface area contributed by atoms with E-state index in [1.165, 1.54) is 29.6 Å². The third kappa shape index (κ3) is 3.95. The number of aryl methyl sites for hydroxylation is 2. The van der Waals surface area contributed by atoms with Crippen LogP contribution in [0.25, 0.3) is 10.2 Å². The lowest BCUT2D eigenvalue weighted by atomic mass is 10.1. The van der Waals surface area contributed by atoms with E-state index in [9.17, 15) is 4.79 Å². The second-order valence-corrected chi connectivity index (χ2v) is 7.42. The number of aromatic nitrogens is 1. The van der Waals surface area contributed by atoms with E-state index in [-0.39, 0.29) is 5.91 Å². The Morgan fingerprint density at radius 3 is 2.57 bits per heavy atom. The quantitative estimate of drug-likeness (QED) is 0.633. The largest absolute Gasteiger partial charge is 0.497 e. The van der Waals surface area contributed by atoms with Gasteiger partial charge in [0.15, 0.2) is 4.80 Å². The van der Waals surface area contributed by atoms with E-state index >= 15 is 0 Å². The van der Waals surface area contributed by atoms with E-state index in [1.807, 2.05) is 4.57 Å². The van der Waals surface area contributed by atoms with Crippen LogP contribution >= 0.6 is 11.3 Å². The average Bonchev–Trinajstić information content (AvgIpc) is 3.02. The van der Waals surface area contributed by atoms with Gasteiger partial charge in [0.25, 0.3) is 5.91 Å². The Balaban J connectivity index is 2.15. The van der Waals surface area contributed by atoms with Crippen molar-refractivity contribution in [2.24, 2.45) is 4.99 Å². The van der Waals surface area contributed by atoms with E-state index in [0.717, 1.165) is 10.2 Å². The molecule has 0 fully saturated rings. The maximum Gasteiger partial charge on any atom is 0.283 e. The van der Waals surface area contributed by atoms with Crippen molar-refractivity contribution in [1.29, 1.82) is 0 Å². The van der Waals surface area contributed by atoms with E-state index in [4.69, 9.17) is 14.2 Å². The summed E-state index contributed by atoms with van der Waals surface area (Å²) in [6.45, 7) is 5.29. The van der Waals surface area contributed by atoms with Crippen LogP contribution in [-0.4, -0.2) is 38.4 Å². The average molecular weight is 401 g/mol. The minimum Gasteiger partial charge on any atom is -0.497 e. The maximum atomic E-state index is 12.9. The first kappa shape index (κ1) is 20.1. The molecular weight excluding hydrogens is 376 g/mol. The number of ether oxygens (including phenoxy) is 3. The molecule has 2 aromatic carbocycles. The summed E-state index contributed by atoms with van der Waals surface area (Å²) in [5.74, 6) is 0.702. The number of hydrogen-bond donors (Lipinski definition) is 0. The molecule has 0 aliphatic rings. The van der Waals surface area contributed by atoms with Crippen LogP contribution in [-0.2, 0) is 11.3 Å². The van der Waals surface area contributed by atoms with Crippen molar-refractivity contribution < 1.29 is 19.0 Å². The van der Waals surface area contributed by atoms with E-state index in [0.29, 0.717) is 35.0 Å². The molecule has 0 saturated carbocycles. The van der Waals surface area contributed by atoms with Crippen molar-refractivity contribution in [3.8, 4) is 11.5 Å². The van der Waals surface area contributed by atoms with Gasteiger partial charge in [0.05, 0.1) is 36.6 Å². The molecule has 0 bridgehead atoms. The number of thiazole rings is 1. The van der Waals surface area contributed by atoms with Crippen LogP contribution in [0.3, 0.4) is 0 Å². The molecule has 7 heteroatoms. The van der Waals surface area contributed by atoms with Crippen molar-refractivity contribution in [1.82, 2.24) is 4.57 Å². The number of amides is 1. The molecule has 3 aromatic rings. The molecular formula is C21H24N2O4S. The highest BCUT2D eigenvalue weighted by molar-refractivity contribution is 7.16. The first-order chi connectivity index (χ1) is 13.5. The van der Waals surface area contributed by atoms with Gasteiger partial charge in [0, 0.05) is 19.7 Å². The smallest absolute Gasteiger partial charge is 0.283 e. The molecule has 1 aromatic heterocycles. The lowest BCUT2D eigenvalue weighted by Gasteiger charge is -2.08. The summed E-state index contributed by atoms with van der Waals surface area (Å²) < 4.78 is 19.0. The standard InChI is InChI=1S/C21H24N2O4S/c1-13-10-14(2)19-17(11-13)23(8-9-25-3)21(28-19)22-20(24)16-7-6-15(26-4)12-18(16)27-5/h6-7,10-12H,8-9H2,1-5H3. The zero-order valence-electron chi connectivity index (χ0n) is 16.7. The molecule has 1 heterocycles. The number of carbonyl (C=O) groups excluding carboxylic acids is 1. The summed E-state index contributed by atoms with van der Waals surface area (Å²) in [4.78, 5) is 18.0. The SMILES string of the molecule is COCCn1c(=NC(=O)c2ccc(OC)cc2OC)sc2c(C)cc(C)cc21. The Morgan fingerprint density at radius 1 is 1.11 bits per heavy atom. The number of carbonyl (C=O) groups is 1. The maximum absolute atomic E-state index is 12.9. The van der Waals surface area contributed by atoms with Gasteiger partial charge in [-0.15, -0.1) is 0 Å². The van der Waals surface area contributed by atoms with E-state index in [1.54, 1.807) is 32.4 Å². The Hall–Kier alpha value is -2.64. The van der Waals surface area contributed by atoms with Gasteiger partial charge < -0.3 is 18.8 Å². The molecule has 0 aliphatic carbocycles. The molecule has 0 N–H and O–H groups in total. The molecule has 0 atom stereocenters. The van der Waals surface area contributed by atoms with E-state index < -0.39 is 0 Å². The molecule has 0 spiro atoms. The topological polar surface area (TPSA) is 62.1 Å². The fraction of sp³-hybridized carbons (Fsp3) is 0.333. The van der Waals surface area contributed by atoms with Gasteiger partial charge in [-0.3, -0.25) is 4.79 Å². The predicted octanol–water partition coefficient (Wildman–Crippen LogP) is 3.72. The monoisotopic (exact) mass is 400 g/mol. The lowest BCUT2D eigenvalue weighted by molar-refractivity contribution is 0.0994. The van der Waals surface area contributed by atoms with Gasteiger partial charge >= 0.3 is 0 Å². The fourth-order valence-electron chi connectivity index (χ4n) is 3.12. The van der Waals surface area contributed by atoms with Crippen LogP contribution in [0.2, 0.25) is 0 Å². The molecule has 28 heavy (non-hydrogen) atoms. The van der Waals surface area contributed by atoms with Gasteiger partial charge in [-0.2, -0.15) is 4.99 Å². The van der Waals surface area contributed by atoms with Crippen LogP contribution in [0.5, 0.6) is 11.5 Å². The third-order valence-corrected chi connectivity index (χ3v) is 5.70. The summed E-state index contributed by atoms with van der Waals surface area (Å²) in [6, 6.07) is 9.33. The lowest BCUT2D eigenvalue weighted by Crippen LogP contribution is -2.19. The number of benzene rings is 2. The Morgan fingerprint density at radius 2 is 1.89 bits per heavy atom. The molecule has 1 amide bonds. The summed E-state index contributed by atoms with van der Waals surface area (Å²) >= 11 is 1.51. The van der Waals surface area contributed by atoms with Gasteiger partial charge in [-0.1, -0.05) is 17.4 Å². The number of rotatable bonds is 6. The number of methoxy groups -OCH3 is 3. The zero-order valence-corrected chi connectivity index (χ0v) is 17.6. The van der Waals surface area contributed by atoms with Crippen molar-refractivity contribution in [3.05, 3.63) is 51.8 Å². The summed E-state index contributed by atoms with van der Waals surface area (Å²) in [5.41, 5.74) is 3.80. The Kier molecular flexibility index (Phi) is 6.16. The van der Waals surface area contributed by atoms with Gasteiger partial charge in [0.1, 0.15) is 11.5 Å². The van der Waals surface area contributed by atoms with Gasteiger partial charge in [0.2, 0.25) is 0 Å². The van der Waals surface area contributed by atoms with Crippen LogP contribution in [0.1, 0.15) is 21.5 Å². The molecule has 0 unspecified atom stereocenters. The number of hydrogen-bond acceptors (Lipinski definition) is 5. The first-order valence-electron chi connectivity index (χ1n) is 8.89. The molecule has 148 valence electrons. The number of fused-ring (bicyclic) bond motifs is 1. The molecule has 6 nitrogen and oxygen atoms in total. The summed E-state index contributed by atoms with van der Waals surface area (Å²) in [6.07, 6.45) is 0. The second kappa shape index (κ2) is 8.58. The van der Waals surface area contributed by atoms with Crippen LogP contribution in [0, 0.1) is 13.8 Å². The molecule has 0 radical (unpaired) electrons. The first-order valence-corrected chi connectivity index (χ1v) is 9.70. The van der Waals surface area contributed by atoms with Crippen molar-refractivity contribution in [2.45, 2.75) is 20.4 Å². The third-order valence-electron chi connectivity index (χ3n) is 4.47. The zero-order chi connectivity index (χ0) is 20.3. The molecule has 0 saturated heterocycles. The van der Waals surface area contributed by atoms with Gasteiger partial charge in [-0.25, -0.2) is 0 Å². The van der Waals surface area contributed by atoms with E-state index in [2.05, 4.69) is 31.0 Å². The highest BCUT2D eigenvalue weighted by Gasteiger charge is 2.15. The minimum atomic E-state index is -0.355. The second-order valence-electron chi connectivity index (χ2n) is 6.44. The van der Waals surface area contributed by atoms with Crippen molar-refractivity contribution in [2.75, 3.05) is 27.9 Å². The predicted molar refractivity (Wildman–Crippen MR) is 111 cm³/mol. The van der Waals surface area contributed by atoms with Crippen LogP contribution in [0.15, 0.2) is 35.3 Å². The molecule has 0 aliphatic heterocycles.